The van der Waals surface area contributed by atoms with Crippen molar-refractivity contribution >= 4 is 6.09 Å². The second-order valence-electron chi connectivity index (χ2n) is 8.36. The Hall–Kier alpha value is -4.12. The van der Waals surface area contributed by atoms with Crippen LogP contribution in [-0.4, -0.2) is 45.3 Å². The first-order valence-corrected chi connectivity index (χ1v) is 10.6. The van der Waals surface area contributed by atoms with Gasteiger partial charge in [-0.25, -0.2) is 14.8 Å². The van der Waals surface area contributed by atoms with Crippen LogP contribution in [0.4, 0.5) is 4.79 Å². The standard InChI is InChI=1S/C25H24N4O4/c1-25(2,17-3-7-20(8-4-17)32-16-19-11-12-29(19)24(30)31)18-5-9-21(10-6-18)33-22-14-27-23(13-26)28-15-22/h3-10,14-15,19H,11-12,16H2,1-2H3,(H,30,31)/t19-/m0/s1. The number of carboxylic acid groups (broad SMARTS) is 1. The lowest BCUT2D eigenvalue weighted by Crippen LogP contribution is -2.53. The molecule has 1 amide bonds. The van der Waals surface area contributed by atoms with Crippen molar-refractivity contribution in [2.75, 3.05) is 13.2 Å². The molecule has 4 rings (SSSR count). The predicted molar refractivity (Wildman–Crippen MR) is 120 cm³/mol. The molecule has 2 aromatic carbocycles. The van der Waals surface area contributed by atoms with Gasteiger partial charge in [0.15, 0.2) is 5.75 Å². The summed E-state index contributed by atoms with van der Waals surface area (Å²) in [5.41, 5.74) is 1.99. The molecule has 0 radical (unpaired) electrons. The smallest absolute Gasteiger partial charge is 0.407 e. The Morgan fingerprint density at radius 3 is 2.12 bits per heavy atom. The first-order chi connectivity index (χ1) is 15.9. The minimum absolute atomic E-state index is 0.0739. The Morgan fingerprint density at radius 1 is 1.06 bits per heavy atom. The number of nitrogens with zero attached hydrogens (tertiary/aromatic N) is 4. The average Bonchev–Trinajstić information content (AvgIpc) is 2.79. The van der Waals surface area contributed by atoms with Crippen LogP contribution in [0.25, 0.3) is 0 Å². The summed E-state index contributed by atoms with van der Waals surface area (Å²) in [7, 11) is 0. The van der Waals surface area contributed by atoms with Crippen LogP contribution in [0, 0.1) is 11.3 Å². The monoisotopic (exact) mass is 444 g/mol. The number of carbonyl (C=O) groups is 1. The third-order valence-electron chi connectivity index (χ3n) is 5.95. The van der Waals surface area contributed by atoms with E-state index >= 15 is 0 Å². The van der Waals surface area contributed by atoms with Crippen LogP contribution in [-0.2, 0) is 5.41 Å². The summed E-state index contributed by atoms with van der Waals surface area (Å²) in [6.45, 7) is 5.22. The highest BCUT2D eigenvalue weighted by atomic mass is 16.5. The van der Waals surface area contributed by atoms with Crippen LogP contribution in [0.5, 0.6) is 17.2 Å². The van der Waals surface area contributed by atoms with E-state index in [9.17, 15) is 4.79 Å². The van der Waals surface area contributed by atoms with Gasteiger partial charge >= 0.3 is 6.09 Å². The summed E-state index contributed by atoms with van der Waals surface area (Å²) >= 11 is 0. The van der Waals surface area contributed by atoms with Crippen LogP contribution in [0.3, 0.4) is 0 Å². The summed E-state index contributed by atoms with van der Waals surface area (Å²) in [5.74, 6) is 1.93. The molecule has 1 N–H and O–H groups in total. The van der Waals surface area contributed by atoms with Crippen molar-refractivity contribution in [1.29, 1.82) is 5.26 Å². The Balaban J connectivity index is 1.38. The van der Waals surface area contributed by atoms with Gasteiger partial charge in [-0.2, -0.15) is 5.26 Å². The number of likely N-dealkylation sites (tertiary alicyclic amines) is 1. The largest absolute Gasteiger partial charge is 0.491 e. The molecule has 2 heterocycles. The number of rotatable bonds is 7. The fourth-order valence-corrected chi connectivity index (χ4v) is 3.70. The summed E-state index contributed by atoms with van der Waals surface area (Å²) in [6, 6.07) is 17.5. The van der Waals surface area contributed by atoms with Crippen LogP contribution >= 0.6 is 0 Å². The molecule has 0 aliphatic carbocycles. The average molecular weight is 444 g/mol. The molecular weight excluding hydrogens is 420 g/mol. The van der Waals surface area contributed by atoms with Gasteiger partial charge in [-0.15, -0.1) is 0 Å². The van der Waals surface area contributed by atoms with Crippen molar-refractivity contribution in [2.45, 2.75) is 31.7 Å². The van der Waals surface area contributed by atoms with Crippen molar-refractivity contribution in [3.8, 4) is 23.3 Å². The number of hydrogen-bond acceptors (Lipinski definition) is 6. The van der Waals surface area contributed by atoms with E-state index in [4.69, 9.17) is 19.8 Å². The Bertz CT molecular complexity index is 1150. The highest BCUT2D eigenvalue weighted by Gasteiger charge is 2.32. The molecular formula is C25H24N4O4. The van der Waals surface area contributed by atoms with Crippen molar-refractivity contribution < 1.29 is 19.4 Å². The Morgan fingerprint density at radius 2 is 1.64 bits per heavy atom. The molecule has 0 saturated carbocycles. The zero-order valence-electron chi connectivity index (χ0n) is 18.4. The van der Waals surface area contributed by atoms with Gasteiger partial charge in [0.1, 0.15) is 24.2 Å². The molecule has 1 saturated heterocycles. The number of nitriles is 1. The lowest BCUT2D eigenvalue weighted by atomic mass is 9.78. The first-order valence-electron chi connectivity index (χ1n) is 10.6. The van der Waals surface area contributed by atoms with Crippen LogP contribution in [0.15, 0.2) is 60.9 Å². The van der Waals surface area contributed by atoms with E-state index in [1.54, 1.807) is 0 Å². The maximum atomic E-state index is 11.1. The van der Waals surface area contributed by atoms with Crippen molar-refractivity contribution in [2.24, 2.45) is 0 Å². The van der Waals surface area contributed by atoms with Gasteiger partial charge in [-0.1, -0.05) is 38.1 Å². The van der Waals surface area contributed by atoms with E-state index in [1.807, 2.05) is 54.6 Å². The first kappa shape index (κ1) is 22.1. The SMILES string of the molecule is CC(C)(c1ccc(OC[C@@H]2CCN2C(=O)O)cc1)c1ccc(Oc2cnc(C#N)nc2)cc1. The normalized spacial score (nSPS) is 15.3. The topological polar surface area (TPSA) is 109 Å². The fraction of sp³-hybridized carbons (Fsp3) is 0.280. The predicted octanol–water partition coefficient (Wildman–Crippen LogP) is 4.60. The molecule has 1 atom stereocenters. The van der Waals surface area contributed by atoms with Gasteiger partial charge in [0.2, 0.25) is 5.82 Å². The second-order valence-corrected chi connectivity index (χ2v) is 8.36. The minimum Gasteiger partial charge on any atom is -0.491 e. The number of aromatic nitrogens is 2. The van der Waals surface area contributed by atoms with E-state index < -0.39 is 6.09 Å². The zero-order valence-corrected chi connectivity index (χ0v) is 18.4. The summed E-state index contributed by atoms with van der Waals surface area (Å²) in [4.78, 5) is 20.3. The molecule has 1 aliphatic rings. The quantitative estimate of drug-likeness (QED) is 0.567. The van der Waals surface area contributed by atoms with Crippen molar-refractivity contribution in [3.63, 3.8) is 0 Å². The summed E-state index contributed by atoms with van der Waals surface area (Å²) < 4.78 is 11.6. The van der Waals surface area contributed by atoms with E-state index in [0.717, 1.165) is 23.3 Å². The molecule has 8 nitrogen and oxygen atoms in total. The lowest BCUT2D eigenvalue weighted by Gasteiger charge is -2.38. The van der Waals surface area contributed by atoms with Gasteiger partial charge in [0.05, 0.1) is 18.4 Å². The zero-order chi connectivity index (χ0) is 23.4. The van der Waals surface area contributed by atoms with Gasteiger partial charge in [-0.3, -0.25) is 0 Å². The van der Waals surface area contributed by atoms with Crippen molar-refractivity contribution in [3.05, 3.63) is 77.9 Å². The third-order valence-corrected chi connectivity index (χ3v) is 5.95. The number of benzene rings is 2. The molecule has 0 unspecified atom stereocenters. The Labute approximate surface area is 192 Å². The molecule has 1 fully saturated rings. The molecule has 33 heavy (non-hydrogen) atoms. The Kier molecular flexibility index (Phi) is 6.13. The summed E-state index contributed by atoms with van der Waals surface area (Å²) in [6.07, 6.45) is 2.87. The minimum atomic E-state index is -0.895. The maximum absolute atomic E-state index is 11.1. The van der Waals surface area contributed by atoms with Crippen molar-refractivity contribution in [1.82, 2.24) is 14.9 Å². The van der Waals surface area contributed by atoms with E-state index in [1.165, 1.54) is 17.3 Å². The van der Waals surface area contributed by atoms with Crippen LogP contribution in [0.1, 0.15) is 37.2 Å². The van der Waals surface area contributed by atoms with Gasteiger partial charge in [0, 0.05) is 12.0 Å². The number of ether oxygens (including phenoxy) is 2. The van der Waals surface area contributed by atoms with E-state index in [-0.39, 0.29) is 17.3 Å². The lowest BCUT2D eigenvalue weighted by molar-refractivity contribution is 0.0499. The van der Waals surface area contributed by atoms with Crippen LogP contribution in [0.2, 0.25) is 0 Å². The molecule has 1 aliphatic heterocycles. The molecule has 0 bridgehead atoms. The molecule has 1 aromatic heterocycles. The molecule has 8 heteroatoms. The number of hydrogen-bond donors (Lipinski definition) is 1. The highest BCUT2D eigenvalue weighted by Crippen LogP contribution is 2.34. The molecule has 3 aromatic rings. The van der Waals surface area contributed by atoms with E-state index in [0.29, 0.717) is 24.7 Å². The van der Waals surface area contributed by atoms with Gasteiger partial charge < -0.3 is 19.5 Å². The molecule has 0 spiro atoms. The second kappa shape index (κ2) is 9.17. The molecule has 168 valence electrons. The van der Waals surface area contributed by atoms with Gasteiger partial charge in [0.25, 0.3) is 0 Å². The summed E-state index contributed by atoms with van der Waals surface area (Å²) in [5, 5.41) is 17.9. The van der Waals surface area contributed by atoms with Crippen LogP contribution < -0.4 is 9.47 Å². The van der Waals surface area contributed by atoms with E-state index in [2.05, 4.69) is 23.8 Å². The number of amides is 1. The third kappa shape index (κ3) is 4.88. The fourth-order valence-electron chi connectivity index (χ4n) is 3.70. The van der Waals surface area contributed by atoms with Gasteiger partial charge in [-0.05, 0) is 41.8 Å². The highest BCUT2D eigenvalue weighted by molar-refractivity contribution is 5.66. The maximum Gasteiger partial charge on any atom is 0.407 e.